The summed E-state index contributed by atoms with van der Waals surface area (Å²) in [7, 11) is 1.65. The van der Waals surface area contributed by atoms with E-state index in [1.165, 1.54) is 11.1 Å². The first kappa shape index (κ1) is 16.1. The van der Waals surface area contributed by atoms with Crippen molar-refractivity contribution in [1.82, 2.24) is 9.88 Å². The first-order valence-corrected chi connectivity index (χ1v) is 8.66. The number of nitrogens with zero attached hydrogens (tertiary/aromatic N) is 2. The molecule has 0 saturated heterocycles. The van der Waals surface area contributed by atoms with Crippen molar-refractivity contribution in [3.63, 3.8) is 0 Å². The Balaban J connectivity index is 1.67. The molecule has 0 radical (unpaired) electrons. The van der Waals surface area contributed by atoms with E-state index in [2.05, 4.69) is 29.2 Å². The second kappa shape index (κ2) is 6.48. The molecule has 1 aromatic heterocycles. The van der Waals surface area contributed by atoms with Crippen LogP contribution in [0.5, 0.6) is 5.88 Å². The average Bonchev–Trinajstić information content (AvgIpc) is 2.97. The van der Waals surface area contributed by atoms with Crippen molar-refractivity contribution in [3.8, 4) is 5.88 Å². The molecular weight excluding hydrogens is 316 g/mol. The van der Waals surface area contributed by atoms with E-state index < -0.39 is 0 Å². The monoisotopic (exact) mass is 338 g/mol. The zero-order valence-corrected chi connectivity index (χ0v) is 14.6. The highest BCUT2D eigenvalue weighted by Gasteiger charge is 2.36. The van der Waals surface area contributed by atoms with Crippen LogP contribution in [0.1, 0.15) is 27.2 Å². The van der Waals surface area contributed by atoms with E-state index in [1.54, 1.807) is 7.11 Å². The Hall–Kier alpha value is -2.40. The molecule has 0 spiro atoms. The molecule has 1 aliphatic heterocycles. The van der Waals surface area contributed by atoms with Gasteiger partial charge in [0.15, 0.2) is 0 Å². The van der Waals surface area contributed by atoms with Crippen LogP contribution in [0.25, 0.3) is 0 Å². The molecule has 0 saturated carbocycles. The van der Waals surface area contributed by atoms with Crippen LogP contribution in [0.4, 0.5) is 0 Å². The molecule has 0 N–H and O–H groups in total. The Bertz CT molecular complexity index is 780. The van der Waals surface area contributed by atoms with E-state index in [9.17, 15) is 4.79 Å². The van der Waals surface area contributed by atoms with Crippen LogP contribution in [0.15, 0.2) is 36.4 Å². The maximum Gasteiger partial charge on any atom is 0.259 e. The molecule has 1 amide bonds. The van der Waals surface area contributed by atoms with Gasteiger partial charge < -0.3 is 14.4 Å². The van der Waals surface area contributed by atoms with Gasteiger partial charge in [-0.2, -0.15) is 0 Å². The van der Waals surface area contributed by atoms with Crippen molar-refractivity contribution in [2.24, 2.45) is 0 Å². The van der Waals surface area contributed by atoms with E-state index in [1.807, 2.05) is 24.0 Å². The number of fused-ring (bicyclic) bond motifs is 2. The largest absolute Gasteiger partial charge is 0.469 e. The van der Waals surface area contributed by atoms with Gasteiger partial charge in [0.05, 0.1) is 13.2 Å². The van der Waals surface area contributed by atoms with Crippen molar-refractivity contribution >= 4 is 5.91 Å². The summed E-state index contributed by atoms with van der Waals surface area (Å²) < 4.78 is 11.3. The van der Waals surface area contributed by atoms with Crippen LogP contribution in [-0.4, -0.2) is 48.2 Å². The van der Waals surface area contributed by atoms with Crippen molar-refractivity contribution in [3.05, 3.63) is 58.8 Å². The lowest BCUT2D eigenvalue weighted by Gasteiger charge is -2.29. The quantitative estimate of drug-likeness (QED) is 0.862. The summed E-state index contributed by atoms with van der Waals surface area (Å²) in [5.41, 5.74) is 4.04. The fourth-order valence-corrected chi connectivity index (χ4v) is 3.78. The second-order valence-electron chi connectivity index (χ2n) is 6.79. The van der Waals surface area contributed by atoms with Gasteiger partial charge in [-0.3, -0.25) is 4.79 Å². The highest BCUT2D eigenvalue weighted by molar-refractivity contribution is 5.97. The number of rotatable bonds is 3. The zero-order chi connectivity index (χ0) is 17.4. The number of aryl methyl sites for hydroxylation is 1. The number of benzene rings is 1. The summed E-state index contributed by atoms with van der Waals surface area (Å²) in [6.45, 7) is 2.84. The highest BCUT2D eigenvalue weighted by Crippen LogP contribution is 2.30. The number of hydrogen-bond donors (Lipinski definition) is 0. The highest BCUT2D eigenvalue weighted by atomic mass is 16.5. The summed E-state index contributed by atoms with van der Waals surface area (Å²) in [6.07, 6.45) is 1.56. The molecule has 4 rings (SSSR count). The molecule has 1 aliphatic carbocycles. The van der Waals surface area contributed by atoms with Crippen LogP contribution in [0, 0.1) is 6.92 Å². The van der Waals surface area contributed by atoms with E-state index >= 15 is 0 Å². The topological polar surface area (TPSA) is 51.7 Å². The Kier molecular flexibility index (Phi) is 4.17. The fraction of sp³-hybridized carbons (Fsp3) is 0.400. The van der Waals surface area contributed by atoms with Crippen molar-refractivity contribution in [2.75, 3.05) is 20.3 Å². The Labute approximate surface area is 147 Å². The molecule has 130 valence electrons. The standard InChI is InChI=1S/C20H22N2O3/c1-13-7-8-18-19(21-13)25-17(12-24-2)11-22(20(18)23)16-9-14-5-3-4-6-15(14)10-16/h3-8,16-17H,9-12H2,1-2H3. The average molecular weight is 338 g/mol. The molecule has 2 aromatic rings. The molecule has 25 heavy (non-hydrogen) atoms. The van der Waals surface area contributed by atoms with E-state index in [0.29, 0.717) is 24.6 Å². The molecule has 5 heteroatoms. The molecule has 2 heterocycles. The predicted octanol–water partition coefficient (Wildman–Crippen LogP) is 2.41. The van der Waals surface area contributed by atoms with Gasteiger partial charge in [0, 0.05) is 18.8 Å². The lowest BCUT2D eigenvalue weighted by molar-refractivity contribution is 0.0415. The number of methoxy groups -OCH3 is 1. The number of pyridine rings is 1. The first-order valence-electron chi connectivity index (χ1n) is 8.66. The minimum absolute atomic E-state index is 0.00101. The maximum atomic E-state index is 13.2. The number of amides is 1. The summed E-state index contributed by atoms with van der Waals surface area (Å²) in [6, 6.07) is 12.3. The third-order valence-corrected chi connectivity index (χ3v) is 4.99. The summed E-state index contributed by atoms with van der Waals surface area (Å²) in [5.74, 6) is 0.420. The van der Waals surface area contributed by atoms with Gasteiger partial charge in [-0.1, -0.05) is 24.3 Å². The van der Waals surface area contributed by atoms with E-state index in [4.69, 9.17) is 9.47 Å². The lowest BCUT2D eigenvalue weighted by atomic mass is 10.1. The molecule has 0 bridgehead atoms. The zero-order valence-electron chi connectivity index (χ0n) is 14.6. The van der Waals surface area contributed by atoms with Crippen LogP contribution in [-0.2, 0) is 17.6 Å². The Morgan fingerprint density at radius 1 is 1.20 bits per heavy atom. The van der Waals surface area contributed by atoms with E-state index in [-0.39, 0.29) is 18.1 Å². The number of hydrogen-bond acceptors (Lipinski definition) is 4. The molecule has 1 atom stereocenters. The second-order valence-corrected chi connectivity index (χ2v) is 6.79. The minimum Gasteiger partial charge on any atom is -0.469 e. The molecule has 2 aliphatic rings. The van der Waals surface area contributed by atoms with Crippen molar-refractivity contribution < 1.29 is 14.3 Å². The minimum atomic E-state index is -0.215. The van der Waals surface area contributed by atoms with Gasteiger partial charge >= 0.3 is 0 Å². The van der Waals surface area contributed by atoms with Crippen LogP contribution >= 0.6 is 0 Å². The number of carbonyl (C=O) groups is 1. The number of ether oxygens (including phenoxy) is 2. The third-order valence-electron chi connectivity index (χ3n) is 4.99. The van der Waals surface area contributed by atoms with Gasteiger partial charge in [0.2, 0.25) is 5.88 Å². The SMILES string of the molecule is COCC1CN(C2Cc3ccccc3C2)C(=O)c2ccc(C)nc2O1. The summed E-state index contributed by atoms with van der Waals surface area (Å²) in [4.78, 5) is 19.6. The number of carbonyl (C=O) groups excluding carboxylic acids is 1. The van der Waals surface area contributed by atoms with E-state index in [0.717, 1.165) is 18.5 Å². The molecule has 1 aromatic carbocycles. The van der Waals surface area contributed by atoms with Gasteiger partial charge in [-0.15, -0.1) is 0 Å². The Morgan fingerprint density at radius 3 is 2.60 bits per heavy atom. The van der Waals surface area contributed by atoms with Crippen LogP contribution in [0.3, 0.4) is 0 Å². The molecule has 5 nitrogen and oxygen atoms in total. The van der Waals surface area contributed by atoms with Crippen LogP contribution < -0.4 is 4.74 Å². The van der Waals surface area contributed by atoms with Crippen molar-refractivity contribution in [1.29, 1.82) is 0 Å². The smallest absolute Gasteiger partial charge is 0.259 e. The molecule has 1 unspecified atom stereocenters. The van der Waals surface area contributed by atoms with Gasteiger partial charge in [-0.25, -0.2) is 4.98 Å². The summed E-state index contributed by atoms with van der Waals surface area (Å²) >= 11 is 0. The van der Waals surface area contributed by atoms with Gasteiger partial charge in [-0.05, 0) is 43.0 Å². The first-order chi connectivity index (χ1) is 12.2. The Morgan fingerprint density at radius 2 is 1.92 bits per heavy atom. The molecular formula is C20H22N2O3. The van der Waals surface area contributed by atoms with Crippen molar-refractivity contribution in [2.45, 2.75) is 31.9 Å². The normalized spacial score (nSPS) is 20.0. The van der Waals surface area contributed by atoms with Gasteiger partial charge in [0.25, 0.3) is 5.91 Å². The van der Waals surface area contributed by atoms with Gasteiger partial charge in [0.1, 0.15) is 11.7 Å². The molecule has 0 fully saturated rings. The maximum absolute atomic E-state index is 13.2. The third kappa shape index (κ3) is 3.00. The predicted molar refractivity (Wildman–Crippen MR) is 93.9 cm³/mol. The fourth-order valence-electron chi connectivity index (χ4n) is 3.78. The van der Waals surface area contributed by atoms with Crippen LogP contribution in [0.2, 0.25) is 0 Å². The lowest BCUT2D eigenvalue weighted by Crippen LogP contribution is -2.45. The summed E-state index contributed by atoms with van der Waals surface area (Å²) in [5, 5.41) is 0. The number of aromatic nitrogens is 1.